The van der Waals surface area contributed by atoms with E-state index in [0.29, 0.717) is 6.04 Å². The first-order valence-electron chi connectivity index (χ1n) is 6.40. The second-order valence-electron chi connectivity index (χ2n) is 5.14. The van der Waals surface area contributed by atoms with Crippen molar-refractivity contribution in [3.8, 4) is 5.75 Å². The van der Waals surface area contributed by atoms with Crippen LogP contribution in [0.1, 0.15) is 37.4 Å². The number of likely N-dealkylation sites (tertiary alicyclic amines) is 1. The van der Waals surface area contributed by atoms with Gasteiger partial charge in [-0.3, -0.25) is 9.69 Å². The molecule has 0 atom stereocenters. The summed E-state index contributed by atoms with van der Waals surface area (Å²) in [6.07, 6.45) is 6.45. The first-order valence-corrected chi connectivity index (χ1v) is 6.40. The summed E-state index contributed by atoms with van der Waals surface area (Å²) in [7, 11) is 0. The molecule has 0 radical (unpaired) electrons. The summed E-state index contributed by atoms with van der Waals surface area (Å²) in [5, 5.41) is 9.52. The molecule has 2 heterocycles. The Balaban J connectivity index is 1.90. The Kier molecular flexibility index (Phi) is 2.67. The van der Waals surface area contributed by atoms with Gasteiger partial charge in [-0.2, -0.15) is 0 Å². The summed E-state index contributed by atoms with van der Waals surface area (Å²) < 4.78 is 2.09. The van der Waals surface area contributed by atoms with Crippen molar-refractivity contribution in [2.24, 2.45) is 0 Å². The summed E-state index contributed by atoms with van der Waals surface area (Å²) in [6.45, 7) is 3.09. The van der Waals surface area contributed by atoms with Crippen LogP contribution in [0, 0.1) is 0 Å². The predicted molar refractivity (Wildman–Crippen MR) is 65.1 cm³/mol. The minimum Gasteiger partial charge on any atom is -0.503 e. The van der Waals surface area contributed by atoms with Crippen LogP contribution < -0.4 is 5.43 Å². The zero-order valence-corrected chi connectivity index (χ0v) is 9.93. The summed E-state index contributed by atoms with van der Waals surface area (Å²) in [5.41, 5.74) is 0.799. The van der Waals surface area contributed by atoms with E-state index in [-0.39, 0.29) is 11.2 Å². The third-order valence-electron chi connectivity index (χ3n) is 3.67. The van der Waals surface area contributed by atoms with Crippen LogP contribution in [0.4, 0.5) is 0 Å². The number of aromatic hydroxyl groups is 1. The highest BCUT2D eigenvalue weighted by Crippen LogP contribution is 2.36. The highest BCUT2D eigenvalue weighted by molar-refractivity contribution is 5.22. The van der Waals surface area contributed by atoms with Gasteiger partial charge in [0, 0.05) is 24.3 Å². The Labute approximate surface area is 100 Å². The summed E-state index contributed by atoms with van der Waals surface area (Å²) in [5.74, 6) is -0.123. The molecule has 3 rings (SSSR count). The van der Waals surface area contributed by atoms with Crippen molar-refractivity contribution in [3.63, 3.8) is 0 Å². The van der Waals surface area contributed by atoms with Gasteiger partial charge in [0.2, 0.25) is 5.43 Å². The number of hydrogen-bond acceptors (Lipinski definition) is 3. The van der Waals surface area contributed by atoms with E-state index in [0.717, 1.165) is 38.2 Å². The van der Waals surface area contributed by atoms with Gasteiger partial charge in [0.15, 0.2) is 5.75 Å². The Morgan fingerprint density at radius 2 is 2.00 bits per heavy atom. The largest absolute Gasteiger partial charge is 0.503 e. The molecule has 4 heteroatoms. The van der Waals surface area contributed by atoms with Crippen LogP contribution in [0.25, 0.3) is 0 Å². The van der Waals surface area contributed by atoms with E-state index in [4.69, 9.17) is 0 Å². The lowest BCUT2D eigenvalue weighted by molar-refractivity contribution is 0.319. The molecule has 1 aromatic heterocycles. The Morgan fingerprint density at radius 1 is 1.29 bits per heavy atom. The van der Waals surface area contributed by atoms with Gasteiger partial charge in [-0.15, -0.1) is 0 Å². The first-order chi connectivity index (χ1) is 8.24. The van der Waals surface area contributed by atoms with Crippen LogP contribution in [-0.4, -0.2) is 27.7 Å². The lowest BCUT2D eigenvalue weighted by Gasteiger charge is -2.19. The van der Waals surface area contributed by atoms with Crippen molar-refractivity contribution >= 4 is 0 Å². The Hall–Kier alpha value is -1.29. The molecule has 17 heavy (non-hydrogen) atoms. The minimum atomic E-state index is -0.254. The van der Waals surface area contributed by atoms with Crippen LogP contribution in [0.15, 0.2) is 17.1 Å². The van der Waals surface area contributed by atoms with Crippen LogP contribution >= 0.6 is 0 Å². The van der Waals surface area contributed by atoms with Crippen molar-refractivity contribution in [2.45, 2.75) is 38.3 Å². The van der Waals surface area contributed by atoms with Gasteiger partial charge in [0.25, 0.3) is 0 Å². The topological polar surface area (TPSA) is 45.5 Å². The molecule has 0 amide bonds. The van der Waals surface area contributed by atoms with E-state index >= 15 is 0 Å². The van der Waals surface area contributed by atoms with E-state index in [2.05, 4.69) is 9.47 Å². The standard InChI is InChI=1S/C13H18N2O2/c16-12-7-11(8-14-5-1-2-6-14)15(9-13(12)17)10-3-4-10/h7,9-10,17H,1-6,8H2. The first kappa shape index (κ1) is 10.8. The van der Waals surface area contributed by atoms with Crippen LogP contribution in [0.3, 0.4) is 0 Å². The van der Waals surface area contributed by atoms with Crippen molar-refractivity contribution in [3.05, 3.63) is 28.2 Å². The van der Waals surface area contributed by atoms with Gasteiger partial charge < -0.3 is 9.67 Å². The fourth-order valence-corrected chi connectivity index (χ4v) is 2.57. The third-order valence-corrected chi connectivity index (χ3v) is 3.67. The molecular formula is C13H18N2O2. The number of hydrogen-bond donors (Lipinski definition) is 1. The number of rotatable bonds is 3. The molecule has 0 spiro atoms. The molecule has 0 unspecified atom stereocenters. The highest BCUT2D eigenvalue weighted by atomic mass is 16.3. The Bertz CT molecular complexity index is 471. The van der Waals surface area contributed by atoms with Crippen molar-refractivity contribution in [1.29, 1.82) is 0 Å². The second-order valence-corrected chi connectivity index (χ2v) is 5.14. The van der Waals surface area contributed by atoms with Gasteiger partial charge in [-0.05, 0) is 38.8 Å². The minimum absolute atomic E-state index is 0.123. The molecule has 4 nitrogen and oxygen atoms in total. The zero-order valence-electron chi connectivity index (χ0n) is 9.93. The number of nitrogens with zero attached hydrogens (tertiary/aromatic N) is 2. The number of aromatic nitrogens is 1. The quantitative estimate of drug-likeness (QED) is 0.861. The van der Waals surface area contributed by atoms with E-state index in [1.165, 1.54) is 12.8 Å². The summed E-state index contributed by atoms with van der Waals surface area (Å²) >= 11 is 0. The van der Waals surface area contributed by atoms with Crippen LogP contribution in [0.5, 0.6) is 5.75 Å². The van der Waals surface area contributed by atoms with Gasteiger partial charge >= 0.3 is 0 Å². The van der Waals surface area contributed by atoms with E-state index in [1.54, 1.807) is 12.3 Å². The maximum atomic E-state index is 11.5. The monoisotopic (exact) mass is 234 g/mol. The van der Waals surface area contributed by atoms with Gasteiger partial charge in [0.1, 0.15) is 0 Å². The fraction of sp³-hybridized carbons (Fsp3) is 0.615. The molecule has 1 N–H and O–H groups in total. The third kappa shape index (κ3) is 2.22. The highest BCUT2D eigenvalue weighted by Gasteiger charge is 2.26. The molecule has 92 valence electrons. The van der Waals surface area contributed by atoms with Gasteiger partial charge in [-0.25, -0.2) is 0 Å². The Morgan fingerprint density at radius 3 is 2.65 bits per heavy atom. The molecule has 1 aliphatic heterocycles. The molecule has 2 fully saturated rings. The van der Waals surface area contributed by atoms with Crippen LogP contribution in [-0.2, 0) is 6.54 Å². The summed E-state index contributed by atoms with van der Waals surface area (Å²) in [6, 6.07) is 2.10. The van der Waals surface area contributed by atoms with Gasteiger partial charge in [0.05, 0.1) is 6.20 Å². The van der Waals surface area contributed by atoms with Crippen molar-refractivity contribution in [1.82, 2.24) is 9.47 Å². The lowest BCUT2D eigenvalue weighted by atomic mass is 10.3. The SMILES string of the molecule is O=c1cc(CN2CCCC2)n(C2CC2)cc1O. The molecular weight excluding hydrogens is 216 g/mol. The van der Waals surface area contributed by atoms with E-state index in [9.17, 15) is 9.90 Å². The smallest absolute Gasteiger partial charge is 0.223 e. The van der Waals surface area contributed by atoms with E-state index in [1.807, 2.05) is 0 Å². The average molecular weight is 234 g/mol. The zero-order chi connectivity index (χ0) is 11.8. The fourth-order valence-electron chi connectivity index (χ4n) is 2.57. The molecule has 1 aromatic rings. The molecule has 1 saturated heterocycles. The maximum Gasteiger partial charge on any atom is 0.223 e. The molecule has 0 aromatic carbocycles. The molecule has 1 saturated carbocycles. The normalized spacial score (nSPS) is 20.9. The van der Waals surface area contributed by atoms with Crippen LogP contribution in [0.2, 0.25) is 0 Å². The number of pyridine rings is 1. The second kappa shape index (κ2) is 4.18. The molecule has 1 aliphatic carbocycles. The average Bonchev–Trinajstić information content (AvgIpc) is 3.02. The van der Waals surface area contributed by atoms with E-state index < -0.39 is 0 Å². The predicted octanol–water partition coefficient (Wildman–Crippen LogP) is 1.48. The molecule has 2 aliphatic rings. The molecule has 0 bridgehead atoms. The van der Waals surface area contributed by atoms with Gasteiger partial charge in [-0.1, -0.05) is 0 Å². The summed E-state index contributed by atoms with van der Waals surface area (Å²) in [4.78, 5) is 13.9. The lowest BCUT2D eigenvalue weighted by Crippen LogP contribution is -2.23. The maximum absolute atomic E-state index is 11.5. The van der Waals surface area contributed by atoms with Crippen molar-refractivity contribution in [2.75, 3.05) is 13.1 Å². The van der Waals surface area contributed by atoms with Crippen molar-refractivity contribution < 1.29 is 5.11 Å².